The fraction of sp³-hybridized carbons (Fsp3) is 0.778. The van der Waals surface area contributed by atoms with Gasteiger partial charge >= 0.3 is 0 Å². The second-order valence-corrected chi connectivity index (χ2v) is 2.45. The molecule has 0 radical (unpaired) electrons. The maximum absolute atomic E-state index is 3.38. The number of unbranched alkanes of at least 4 members (excludes halogenated alkanes) is 1. The van der Waals surface area contributed by atoms with E-state index in [9.17, 15) is 0 Å². The Morgan fingerprint density at radius 1 is 1.40 bits per heavy atom. The Morgan fingerprint density at radius 3 is 2.50 bits per heavy atom. The third-order valence-corrected chi connectivity index (χ3v) is 1.61. The van der Waals surface area contributed by atoms with Crippen LogP contribution in [0.2, 0.25) is 0 Å². The van der Waals surface area contributed by atoms with Gasteiger partial charge in [-0.25, -0.2) is 0 Å². The van der Waals surface area contributed by atoms with Crippen molar-refractivity contribution in [1.82, 2.24) is 5.32 Å². The molecule has 0 aromatic rings. The second-order valence-electron chi connectivity index (χ2n) is 2.45. The van der Waals surface area contributed by atoms with E-state index < -0.39 is 0 Å². The van der Waals surface area contributed by atoms with E-state index in [2.05, 4.69) is 32.2 Å². The van der Waals surface area contributed by atoms with E-state index in [0.29, 0.717) is 0 Å². The van der Waals surface area contributed by atoms with E-state index >= 15 is 0 Å². The summed E-state index contributed by atoms with van der Waals surface area (Å²) in [6, 6.07) is 0. The zero-order chi connectivity index (χ0) is 7.82. The van der Waals surface area contributed by atoms with Crippen LogP contribution in [0, 0.1) is 0 Å². The van der Waals surface area contributed by atoms with E-state index in [-0.39, 0.29) is 0 Å². The van der Waals surface area contributed by atoms with Crippen molar-refractivity contribution in [2.45, 2.75) is 40.0 Å². The van der Waals surface area contributed by atoms with Gasteiger partial charge in [0, 0.05) is 12.2 Å². The summed E-state index contributed by atoms with van der Waals surface area (Å²) >= 11 is 0. The first-order valence-corrected chi connectivity index (χ1v) is 4.24. The lowest BCUT2D eigenvalue weighted by atomic mass is 10.3. The normalized spacial score (nSPS) is 11.7. The first-order valence-electron chi connectivity index (χ1n) is 4.24. The smallest absolute Gasteiger partial charge is 0.0143 e. The Morgan fingerprint density at radius 2 is 2.10 bits per heavy atom. The molecule has 0 saturated heterocycles. The number of rotatable bonds is 5. The lowest BCUT2D eigenvalue weighted by Gasteiger charge is -2.06. The average Bonchev–Trinajstić information content (AvgIpc) is 1.99. The van der Waals surface area contributed by atoms with Crippen LogP contribution >= 0.6 is 0 Å². The molecule has 10 heavy (non-hydrogen) atoms. The molecule has 0 aliphatic heterocycles. The Balaban J connectivity index is 3.27. The van der Waals surface area contributed by atoms with Gasteiger partial charge in [-0.15, -0.1) is 0 Å². The van der Waals surface area contributed by atoms with E-state index in [1.807, 2.05) is 0 Å². The highest BCUT2D eigenvalue weighted by Gasteiger charge is 1.88. The Hall–Kier alpha value is -0.460. The summed E-state index contributed by atoms with van der Waals surface area (Å²) in [6.07, 6.45) is 5.82. The minimum Gasteiger partial charge on any atom is -0.389 e. The van der Waals surface area contributed by atoms with Crippen LogP contribution < -0.4 is 5.32 Å². The van der Waals surface area contributed by atoms with Gasteiger partial charge in [0.1, 0.15) is 0 Å². The molecular weight excluding hydrogens is 122 g/mol. The van der Waals surface area contributed by atoms with Crippen molar-refractivity contribution >= 4 is 0 Å². The molecule has 0 fully saturated rings. The van der Waals surface area contributed by atoms with E-state index in [1.165, 1.54) is 18.5 Å². The van der Waals surface area contributed by atoms with Crippen LogP contribution in [-0.2, 0) is 0 Å². The van der Waals surface area contributed by atoms with Crippen LogP contribution in [0.25, 0.3) is 0 Å². The van der Waals surface area contributed by atoms with Crippen LogP contribution in [0.5, 0.6) is 0 Å². The van der Waals surface area contributed by atoms with E-state index in [4.69, 9.17) is 0 Å². The summed E-state index contributed by atoms with van der Waals surface area (Å²) in [5, 5.41) is 3.38. The third kappa shape index (κ3) is 4.42. The van der Waals surface area contributed by atoms with Crippen molar-refractivity contribution in [2.75, 3.05) is 6.54 Å². The van der Waals surface area contributed by atoms with Gasteiger partial charge in [0.15, 0.2) is 0 Å². The van der Waals surface area contributed by atoms with Crippen molar-refractivity contribution in [2.24, 2.45) is 0 Å². The predicted molar refractivity (Wildman–Crippen MR) is 47.0 cm³/mol. The molecule has 1 N–H and O–H groups in total. The summed E-state index contributed by atoms with van der Waals surface area (Å²) in [6.45, 7) is 7.60. The zero-order valence-electron chi connectivity index (χ0n) is 7.41. The van der Waals surface area contributed by atoms with Crippen LogP contribution in [0.3, 0.4) is 0 Å². The molecule has 0 aromatic carbocycles. The molecule has 0 amide bonds. The van der Waals surface area contributed by atoms with Crippen molar-refractivity contribution < 1.29 is 0 Å². The molecule has 0 spiro atoms. The average molecular weight is 141 g/mol. The Kier molecular flexibility index (Phi) is 6.35. The first-order chi connectivity index (χ1) is 4.85. The molecule has 0 aromatic heterocycles. The molecule has 0 aliphatic rings. The van der Waals surface area contributed by atoms with Gasteiger partial charge in [-0.3, -0.25) is 0 Å². The molecule has 1 heteroatoms. The van der Waals surface area contributed by atoms with Crippen LogP contribution in [0.4, 0.5) is 0 Å². The SMILES string of the molecule is C/C=C(/CC)NCCCC. The van der Waals surface area contributed by atoms with Crippen molar-refractivity contribution in [3.8, 4) is 0 Å². The maximum atomic E-state index is 3.38. The van der Waals surface area contributed by atoms with Gasteiger partial charge in [0.2, 0.25) is 0 Å². The molecule has 60 valence electrons. The second kappa shape index (κ2) is 6.66. The number of allylic oxidation sites excluding steroid dienone is 2. The largest absolute Gasteiger partial charge is 0.389 e. The molecule has 0 heterocycles. The molecule has 0 rings (SSSR count). The molecule has 0 bridgehead atoms. The maximum Gasteiger partial charge on any atom is 0.0143 e. The summed E-state index contributed by atoms with van der Waals surface area (Å²) in [7, 11) is 0. The quantitative estimate of drug-likeness (QED) is 0.580. The standard InChI is InChI=1S/C9H19N/c1-4-7-8-10-9(5-2)6-3/h5,10H,4,6-8H2,1-3H3/b9-5-. The highest BCUT2D eigenvalue weighted by atomic mass is 14.9. The minimum absolute atomic E-state index is 1.13. The fourth-order valence-corrected chi connectivity index (χ4v) is 0.857. The number of hydrogen-bond donors (Lipinski definition) is 1. The first kappa shape index (κ1) is 9.54. The summed E-state index contributed by atoms with van der Waals surface area (Å²) in [5.74, 6) is 0. The fourth-order valence-electron chi connectivity index (χ4n) is 0.857. The highest BCUT2D eigenvalue weighted by Crippen LogP contribution is 1.94. The van der Waals surface area contributed by atoms with Gasteiger partial charge < -0.3 is 5.32 Å². The topological polar surface area (TPSA) is 12.0 Å². The van der Waals surface area contributed by atoms with Crippen molar-refractivity contribution in [3.63, 3.8) is 0 Å². The lowest BCUT2D eigenvalue weighted by Crippen LogP contribution is -2.13. The zero-order valence-corrected chi connectivity index (χ0v) is 7.41. The molecule has 0 unspecified atom stereocenters. The molecule has 0 atom stereocenters. The van der Waals surface area contributed by atoms with Gasteiger partial charge in [-0.2, -0.15) is 0 Å². The van der Waals surface area contributed by atoms with Crippen LogP contribution in [0.1, 0.15) is 40.0 Å². The monoisotopic (exact) mass is 141 g/mol. The van der Waals surface area contributed by atoms with Gasteiger partial charge in [0.25, 0.3) is 0 Å². The van der Waals surface area contributed by atoms with Crippen molar-refractivity contribution in [3.05, 3.63) is 11.8 Å². The van der Waals surface area contributed by atoms with E-state index in [1.54, 1.807) is 0 Å². The molecule has 0 aliphatic carbocycles. The minimum atomic E-state index is 1.13. The lowest BCUT2D eigenvalue weighted by molar-refractivity contribution is 0.693. The van der Waals surface area contributed by atoms with Gasteiger partial charge in [-0.1, -0.05) is 26.3 Å². The third-order valence-electron chi connectivity index (χ3n) is 1.61. The highest BCUT2D eigenvalue weighted by molar-refractivity contribution is 4.95. The predicted octanol–water partition coefficient (Wildman–Crippen LogP) is 2.69. The molecule has 1 nitrogen and oxygen atoms in total. The number of nitrogens with one attached hydrogen (secondary N) is 1. The number of hydrogen-bond acceptors (Lipinski definition) is 1. The van der Waals surface area contributed by atoms with E-state index in [0.717, 1.165) is 13.0 Å². The summed E-state index contributed by atoms with van der Waals surface area (Å²) in [5.41, 5.74) is 1.37. The van der Waals surface area contributed by atoms with Crippen LogP contribution in [-0.4, -0.2) is 6.54 Å². The van der Waals surface area contributed by atoms with Gasteiger partial charge in [0.05, 0.1) is 0 Å². The molecule has 0 saturated carbocycles. The van der Waals surface area contributed by atoms with Crippen LogP contribution in [0.15, 0.2) is 11.8 Å². The Labute approximate surface area is 64.5 Å². The van der Waals surface area contributed by atoms with Crippen molar-refractivity contribution in [1.29, 1.82) is 0 Å². The van der Waals surface area contributed by atoms with Gasteiger partial charge in [-0.05, 0) is 19.8 Å². The Bertz CT molecular complexity index is 94.9. The molecular formula is C9H19N. The summed E-state index contributed by atoms with van der Waals surface area (Å²) < 4.78 is 0. The summed E-state index contributed by atoms with van der Waals surface area (Å²) in [4.78, 5) is 0.